The topological polar surface area (TPSA) is 67.4 Å². The van der Waals surface area contributed by atoms with E-state index >= 15 is 0 Å². The zero-order chi connectivity index (χ0) is 20.6. The van der Waals surface area contributed by atoms with Gasteiger partial charge in [0.25, 0.3) is 5.91 Å². The summed E-state index contributed by atoms with van der Waals surface area (Å²) in [6.45, 7) is 2.90. The minimum Gasteiger partial charge on any atom is -0.489 e. The van der Waals surface area contributed by atoms with E-state index in [1.165, 1.54) is 19.3 Å². The average molecular weight is 402 g/mol. The summed E-state index contributed by atoms with van der Waals surface area (Å²) in [5.74, 6) is 1.50. The van der Waals surface area contributed by atoms with Crippen molar-refractivity contribution in [2.75, 3.05) is 18.0 Å². The molecule has 1 amide bonds. The normalized spacial score (nSPS) is 13.7. The zero-order valence-electron chi connectivity index (χ0n) is 17.0. The lowest BCUT2D eigenvalue weighted by atomic mass is 10.1. The molecule has 0 atom stereocenters. The van der Waals surface area contributed by atoms with Gasteiger partial charge in [-0.05, 0) is 49.6 Å². The lowest BCUT2D eigenvalue weighted by molar-refractivity contribution is 0.0950. The first-order valence-electron chi connectivity index (χ1n) is 10.4. The van der Waals surface area contributed by atoms with E-state index < -0.39 is 0 Å². The van der Waals surface area contributed by atoms with Crippen molar-refractivity contribution in [1.82, 2.24) is 15.3 Å². The van der Waals surface area contributed by atoms with Gasteiger partial charge in [0, 0.05) is 54.9 Å². The van der Waals surface area contributed by atoms with E-state index in [9.17, 15) is 4.79 Å². The van der Waals surface area contributed by atoms with Crippen LogP contribution < -0.4 is 15.0 Å². The molecule has 154 valence electrons. The smallest absolute Gasteiger partial charge is 0.251 e. The van der Waals surface area contributed by atoms with Gasteiger partial charge in [-0.2, -0.15) is 0 Å². The number of piperidine rings is 1. The van der Waals surface area contributed by atoms with Gasteiger partial charge in [0.2, 0.25) is 0 Å². The molecule has 0 bridgehead atoms. The zero-order valence-corrected chi connectivity index (χ0v) is 17.0. The van der Waals surface area contributed by atoms with Crippen LogP contribution in [0.25, 0.3) is 0 Å². The molecule has 1 aromatic carbocycles. The Labute approximate surface area is 176 Å². The minimum atomic E-state index is -0.129. The fraction of sp³-hybridized carbons (Fsp3) is 0.292. The van der Waals surface area contributed by atoms with Crippen LogP contribution in [0, 0.1) is 0 Å². The third kappa shape index (κ3) is 5.14. The highest BCUT2D eigenvalue weighted by atomic mass is 16.5. The number of ether oxygens (including phenoxy) is 1. The highest BCUT2D eigenvalue weighted by Crippen LogP contribution is 2.22. The van der Waals surface area contributed by atoms with E-state index in [1.54, 1.807) is 24.5 Å². The number of amides is 1. The molecule has 6 nitrogen and oxygen atoms in total. The van der Waals surface area contributed by atoms with Crippen molar-refractivity contribution in [3.8, 4) is 5.75 Å². The number of hydrogen-bond acceptors (Lipinski definition) is 5. The molecule has 4 rings (SSSR count). The van der Waals surface area contributed by atoms with Crippen LogP contribution in [0.2, 0.25) is 0 Å². The second kappa shape index (κ2) is 9.87. The van der Waals surface area contributed by atoms with Crippen LogP contribution in [0.5, 0.6) is 5.75 Å². The van der Waals surface area contributed by atoms with E-state index in [2.05, 4.69) is 20.2 Å². The first-order chi connectivity index (χ1) is 14.8. The Hall–Kier alpha value is -3.41. The van der Waals surface area contributed by atoms with Gasteiger partial charge < -0.3 is 15.0 Å². The average Bonchev–Trinajstić information content (AvgIpc) is 2.83. The van der Waals surface area contributed by atoms with Crippen LogP contribution in [0.15, 0.2) is 67.1 Å². The quantitative estimate of drug-likeness (QED) is 0.648. The number of hydrogen-bond donors (Lipinski definition) is 1. The summed E-state index contributed by atoms with van der Waals surface area (Å²) in [4.78, 5) is 23.7. The highest BCUT2D eigenvalue weighted by molar-refractivity contribution is 5.94. The number of aromatic nitrogens is 2. The molecule has 3 aromatic rings. The predicted octanol–water partition coefficient (Wildman–Crippen LogP) is 3.98. The predicted molar refractivity (Wildman–Crippen MR) is 116 cm³/mol. The third-order valence-corrected chi connectivity index (χ3v) is 5.19. The van der Waals surface area contributed by atoms with E-state index in [4.69, 9.17) is 4.74 Å². The van der Waals surface area contributed by atoms with Crippen LogP contribution >= 0.6 is 0 Å². The van der Waals surface area contributed by atoms with E-state index in [0.717, 1.165) is 30.0 Å². The van der Waals surface area contributed by atoms with E-state index in [-0.39, 0.29) is 5.91 Å². The summed E-state index contributed by atoms with van der Waals surface area (Å²) in [5.41, 5.74) is 2.59. The van der Waals surface area contributed by atoms with Gasteiger partial charge in [-0.1, -0.05) is 18.2 Å². The summed E-state index contributed by atoms with van der Waals surface area (Å²) in [5, 5.41) is 3.02. The number of rotatable bonds is 7. The van der Waals surface area contributed by atoms with Gasteiger partial charge in [0.1, 0.15) is 18.2 Å². The van der Waals surface area contributed by atoms with Crippen LogP contribution in [-0.4, -0.2) is 29.0 Å². The molecule has 1 saturated heterocycles. The Kier molecular flexibility index (Phi) is 6.54. The number of nitrogens with zero attached hydrogens (tertiary/aromatic N) is 3. The van der Waals surface area contributed by atoms with Gasteiger partial charge in [0.05, 0.1) is 0 Å². The number of carbonyl (C=O) groups excluding carboxylic acids is 1. The maximum atomic E-state index is 12.7. The van der Waals surface area contributed by atoms with E-state index in [1.807, 2.05) is 42.6 Å². The molecule has 0 spiro atoms. The molecule has 30 heavy (non-hydrogen) atoms. The van der Waals surface area contributed by atoms with Crippen LogP contribution in [0.4, 0.5) is 5.82 Å². The van der Waals surface area contributed by atoms with Crippen molar-refractivity contribution in [3.63, 3.8) is 0 Å². The fourth-order valence-electron chi connectivity index (χ4n) is 3.61. The van der Waals surface area contributed by atoms with Gasteiger partial charge in [0.15, 0.2) is 0 Å². The second-order valence-electron chi connectivity index (χ2n) is 7.39. The summed E-state index contributed by atoms with van der Waals surface area (Å²) in [6.07, 6.45) is 8.97. The molecule has 1 aliphatic heterocycles. The SMILES string of the molecule is O=C(NCc1cccnc1N1CCCCC1)c1cccc(OCc2cccnc2)c1. The van der Waals surface area contributed by atoms with Gasteiger partial charge >= 0.3 is 0 Å². The van der Waals surface area contributed by atoms with Crippen molar-refractivity contribution in [3.05, 3.63) is 83.8 Å². The van der Waals surface area contributed by atoms with Gasteiger partial charge in [-0.25, -0.2) is 4.98 Å². The van der Waals surface area contributed by atoms with Crippen molar-refractivity contribution in [1.29, 1.82) is 0 Å². The molecule has 0 saturated carbocycles. The second-order valence-corrected chi connectivity index (χ2v) is 7.39. The molecule has 3 heterocycles. The molecule has 0 radical (unpaired) electrons. The molecule has 6 heteroatoms. The summed E-state index contributed by atoms with van der Waals surface area (Å²) in [7, 11) is 0. The van der Waals surface area contributed by atoms with E-state index in [0.29, 0.717) is 24.5 Å². The van der Waals surface area contributed by atoms with Gasteiger partial charge in [-0.15, -0.1) is 0 Å². The van der Waals surface area contributed by atoms with Crippen molar-refractivity contribution in [2.45, 2.75) is 32.4 Å². The standard InChI is InChI=1S/C24H26N4O2/c29-24(20-8-4-10-22(15-20)30-18-19-7-5-11-25-16-19)27-17-21-9-6-12-26-23(21)28-13-2-1-3-14-28/h4-12,15-16H,1-3,13-14,17-18H2,(H,27,29). The van der Waals surface area contributed by atoms with Crippen LogP contribution in [0.3, 0.4) is 0 Å². The maximum absolute atomic E-state index is 12.7. The Morgan fingerprint density at radius 1 is 1.03 bits per heavy atom. The van der Waals surface area contributed by atoms with Crippen molar-refractivity contribution in [2.24, 2.45) is 0 Å². The third-order valence-electron chi connectivity index (χ3n) is 5.19. The highest BCUT2D eigenvalue weighted by Gasteiger charge is 2.16. The molecule has 0 unspecified atom stereocenters. The summed E-state index contributed by atoms with van der Waals surface area (Å²) in [6, 6.07) is 15.0. The number of benzene rings is 1. The summed E-state index contributed by atoms with van der Waals surface area (Å²) >= 11 is 0. The Morgan fingerprint density at radius 3 is 2.73 bits per heavy atom. The van der Waals surface area contributed by atoms with Crippen molar-refractivity contribution >= 4 is 11.7 Å². The molecule has 1 N–H and O–H groups in total. The molecule has 1 aliphatic rings. The molecular weight excluding hydrogens is 376 g/mol. The van der Waals surface area contributed by atoms with Gasteiger partial charge in [-0.3, -0.25) is 9.78 Å². The van der Waals surface area contributed by atoms with Crippen molar-refractivity contribution < 1.29 is 9.53 Å². The molecule has 0 aliphatic carbocycles. The monoisotopic (exact) mass is 402 g/mol. The molecule has 1 fully saturated rings. The first kappa shape index (κ1) is 19.9. The number of carbonyl (C=O) groups is 1. The Bertz CT molecular complexity index is 972. The van der Waals surface area contributed by atoms with Crippen LogP contribution in [-0.2, 0) is 13.2 Å². The fourth-order valence-corrected chi connectivity index (χ4v) is 3.61. The lowest BCUT2D eigenvalue weighted by Gasteiger charge is -2.29. The minimum absolute atomic E-state index is 0.129. The Morgan fingerprint density at radius 2 is 1.90 bits per heavy atom. The number of pyridine rings is 2. The first-order valence-corrected chi connectivity index (χ1v) is 10.4. The molecular formula is C24H26N4O2. The Balaban J connectivity index is 1.38. The largest absolute Gasteiger partial charge is 0.489 e. The number of anilines is 1. The lowest BCUT2D eigenvalue weighted by Crippen LogP contribution is -2.32. The molecule has 2 aromatic heterocycles. The number of nitrogens with one attached hydrogen (secondary N) is 1. The van der Waals surface area contributed by atoms with Crippen LogP contribution in [0.1, 0.15) is 40.7 Å². The maximum Gasteiger partial charge on any atom is 0.251 e. The summed E-state index contributed by atoms with van der Waals surface area (Å²) < 4.78 is 5.81.